The van der Waals surface area contributed by atoms with Gasteiger partial charge >= 0.3 is 0 Å². The van der Waals surface area contributed by atoms with Gasteiger partial charge in [-0.05, 0) is 31.2 Å². The van der Waals surface area contributed by atoms with E-state index in [4.69, 9.17) is 17.3 Å². The summed E-state index contributed by atoms with van der Waals surface area (Å²) >= 11 is 5.75. The summed E-state index contributed by atoms with van der Waals surface area (Å²) in [6.07, 6.45) is 0.393. The molecule has 1 aromatic carbocycles. The maximum Gasteiger partial charge on any atom is 0.223 e. The van der Waals surface area contributed by atoms with E-state index in [1.807, 2.05) is 6.92 Å². The van der Waals surface area contributed by atoms with Gasteiger partial charge < -0.3 is 10.6 Å². The maximum absolute atomic E-state index is 11.9. The minimum atomic E-state index is -0.0692. The second kappa shape index (κ2) is 7.26. The largest absolute Gasteiger partial charge is 0.342 e. The van der Waals surface area contributed by atoms with Crippen molar-refractivity contribution in [2.45, 2.75) is 25.8 Å². The summed E-state index contributed by atoms with van der Waals surface area (Å²) in [5, 5.41) is 0.587. The number of hydrogen-bond acceptors (Lipinski definition) is 3. The number of benzene rings is 1. The van der Waals surface area contributed by atoms with Crippen molar-refractivity contribution >= 4 is 23.3 Å². The molecule has 1 rings (SSSR count). The topological polar surface area (TPSA) is 63.4 Å². The lowest BCUT2D eigenvalue weighted by Gasteiger charge is -2.23. The monoisotopic (exact) mass is 282 g/mol. The molecule has 0 aliphatic rings. The smallest absolute Gasteiger partial charge is 0.223 e. The van der Waals surface area contributed by atoms with Crippen molar-refractivity contribution in [1.82, 2.24) is 4.90 Å². The number of nitrogens with two attached hydrogens (primary N) is 1. The first-order valence-corrected chi connectivity index (χ1v) is 6.58. The van der Waals surface area contributed by atoms with Crippen LogP contribution in [0.4, 0.5) is 0 Å². The standard InChI is InChI=1S/C14H19ClN2O2/c1-10(9-16)17(2)14(19)8-7-13(18)11-3-5-12(15)6-4-11/h3-6,10H,7-9,16H2,1-2H3. The molecule has 0 saturated carbocycles. The molecule has 1 aromatic rings. The van der Waals surface area contributed by atoms with Crippen molar-refractivity contribution < 1.29 is 9.59 Å². The first kappa shape index (κ1) is 15.7. The molecule has 2 N–H and O–H groups in total. The fourth-order valence-electron chi connectivity index (χ4n) is 1.58. The van der Waals surface area contributed by atoms with Crippen LogP contribution in [-0.2, 0) is 4.79 Å². The zero-order valence-corrected chi connectivity index (χ0v) is 12.0. The quantitative estimate of drug-likeness (QED) is 0.813. The molecule has 0 saturated heterocycles. The van der Waals surface area contributed by atoms with Crippen LogP contribution in [-0.4, -0.2) is 36.2 Å². The number of halogens is 1. The van der Waals surface area contributed by atoms with Crippen LogP contribution in [0.25, 0.3) is 0 Å². The minimum Gasteiger partial charge on any atom is -0.342 e. The molecule has 0 aliphatic carbocycles. The highest BCUT2D eigenvalue weighted by atomic mass is 35.5. The predicted molar refractivity (Wildman–Crippen MR) is 76.3 cm³/mol. The van der Waals surface area contributed by atoms with Crippen LogP contribution in [0.1, 0.15) is 30.1 Å². The SMILES string of the molecule is CC(CN)N(C)C(=O)CCC(=O)c1ccc(Cl)cc1. The Hall–Kier alpha value is -1.39. The van der Waals surface area contributed by atoms with Crippen molar-refractivity contribution in [2.24, 2.45) is 5.73 Å². The molecule has 0 heterocycles. The summed E-state index contributed by atoms with van der Waals surface area (Å²) in [5.74, 6) is -0.126. The van der Waals surface area contributed by atoms with Gasteiger partial charge in [0.25, 0.3) is 0 Å². The Morgan fingerprint density at radius 3 is 2.37 bits per heavy atom. The molecular weight excluding hydrogens is 264 g/mol. The van der Waals surface area contributed by atoms with Gasteiger partial charge in [0.1, 0.15) is 0 Å². The Morgan fingerprint density at radius 1 is 1.26 bits per heavy atom. The maximum atomic E-state index is 11.9. The van der Waals surface area contributed by atoms with E-state index in [9.17, 15) is 9.59 Å². The normalized spacial score (nSPS) is 12.0. The summed E-state index contributed by atoms with van der Waals surface area (Å²) < 4.78 is 0. The summed E-state index contributed by atoms with van der Waals surface area (Å²) in [4.78, 5) is 25.3. The van der Waals surface area contributed by atoms with E-state index >= 15 is 0 Å². The van der Waals surface area contributed by atoms with Gasteiger partial charge in [0.2, 0.25) is 5.91 Å². The molecule has 0 spiro atoms. The average Bonchev–Trinajstić information content (AvgIpc) is 2.43. The van der Waals surface area contributed by atoms with Gasteiger partial charge in [0.15, 0.2) is 5.78 Å². The molecule has 0 aromatic heterocycles. The van der Waals surface area contributed by atoms with Gasteiger partial charge in [-0.25, -0.2) is 0 Å². The molecule has 0 radical (unpaired) electrons. The van der Waals surface area contributed by atoms with E-state index in [1.54, 1.807) is 36.2 Å². The van der Waals surface area contributed by atoms with Crippen molar-refractivity contribution in [3.63, 3.8) is 0 Å². The number of nitrogens with zero attached hydrogens (tertiary/aromatic N) is 1. The zero-order valence-electron chi connectivity index (χ0n) is 11.2. The van der Waals surface area contributed by atoms with Crippen LogP contribution < -0.4 is 5.73 Å². The van der Waals surface area contributed by atoms with Crippen LogP contribution in [0.5, 0.6) is 0 Å². The molecule has 104 valence electrons. The predicted octanol–water partition coefficient (Wildman–Crippen LogP) is 2.11. The van der Waals surface area contributed by atoms with Crippen molar-refractivity contribution in [3.05, 3.63) is 34.9 Å². The Kier molecular flexibility index (Phi) is 5.99. The zero-order chi connectivity index (χ0) is 14.4. The minimum absolute atomic E-state index is 0.0156. The Labute approximate surface area is 118 Å². The summed E-state index contributed by atoms with van der Waals surface area (Å²) in [6.45, 7) is 2.28. The van der Waals surface area contributed by atoms with Crippen LogP contribution in [0.15, 0.2) is 24.3 Å². The number of carbonyl (C=O) groups excluding carboxylic acids is 2. The number of rotatable bonds is 6. The molecule has 0 fully saturated rings. The number of amides is 1. The summed E-state index contributed by atoms with van der Waals surface area (Å²) in [5.41, 5.74) is 6.07. The van der Waals surface area contributed by atoms with Gasteiger partial charge in [-0.3, -0.25) is 9.59 Å². The highest BCUT2D eigenvalue weighted by Gasteiger charge is 2.16. The number of hydrogen-bond donors (Lipinski definition) is 1. The fraction of sp³-hybridized carbons (Fsp3) is 0.429. The van der Waals surface area contributed by atoms with Crippen LogP contribution in [0.2, 0.25) is 5.02 Å². The molecule has 5 heteroatoms. The Balaban J connectivity index is 2.50. The van der Waals surface area contributed by atoms with Crippen molar-refractivity contribution in [3.8, 4) is 0 Å². The van der Waals surface area contributed by atoms with E-state index < -0.39 is 0 Å². The highest BCUT2D eigenvalue weighted by molar-refractivity contribution is 6.30. The van der Waals surface area contributed by atoms with E-state index in [0.717, 1.165) is 0 Å². The lowest BCUT2D eigenvalue weighted by Crippen LogP contribution is -2.39. The second-order valence-corrected chi connectivity index (χ2v) is 4.96. The number of likely N-dealkylation sites (N-methyl/N-ethyl adjacent to an activating group) is 1. The van der Waals surface area contributed by atoms with E-state index in [2.05, 4.69) is 0 Å². The third kappa shape index (κ3) is 4.65. The third-order valence-electron chi connectivity index (χ3n) is 3.13. The van der Waals surface area contributed by atoms with Crippen LogP contribution in [0.3, 0.4) is 0 Å². The first-order valence-electron chi connectivity index (χ1n) is 6.20. The number of ketones is 1. The first-order chi connectivity index (χ1) is 8.95. The van der Waals surface area contributed by atoms with Crippen LogP contribution >= 0.6 is 11.6 Å². The average molecular weight is 283 g/mol. The molecule has 1 amide bonds. The molecule has 1 unspecified atom stereocenters. The Morgan fingerprint density at radius 2 is 1.84 bits per heavy atom. The van der Waals surface area contributed by atoms with Gasteiger partial charge in [-0.15, -0.1) is 0 Å². The van der Waals surface area contributed by atoms with Gasteiger partial charge in [-0.1, -0.05) is 11.6 Å². The molecule has 4 nitrogen and oxygen atoms in total. The van der Waals surface area contributed by atoms with Gasteiger partial charge in [0, 0.05) is 43.1 Å². The van der Waals surface area contributed by atoms with Crippen molar-refractivity contribution in [1.29, 1.82) is 0 Å². The number of carbonyl (C=O) groups is 2. The van der Waals surface area contributed by atoms with E-state index in [1.165, 1.54) is 0 Å². The van der Waals surface area contributed by atoms with E-state index in [-0.39, 0.29) is 30.6 Å². The molecule has 0 aliphatic heterocycles. The van der Waals surface area contributed by atoms with Gasteiger partial charge in [-0.2, -0.15) is 0 Å². The van der Waals surface area contributed by atoms with E-state index in [0.29, 0.717) is 17.1 Å². The number of Topliss-reactive ketones (excluding diaryl/α,β-unsaturated/α-hetero) is 1. The highest BCUT2D eigenvalue weighted by Crippen LogP contribution is 2.12. The lowest BCUT2D eigenvalue weighted by atomic mass is 10.1. The molecular formula is C14H19ClN2O2. The molecule has 0 bridgehead atoms. The Bertz CT molecular complexity index is 445. The molecule has 19 heavy (non-hydrogen) atoms. The van der Waals surface area contributed by atoms with Gasteiger partial charge in [0.05, 0.1) is 0 Å². The second-order valence-electron chi connectivity index (χ2n) is 4.52. The molecule has 1 atom stereocenters. The lowest BCUT2D eigenvalue weighted by molar-refractivity contribution is -0.131. The summed E-state index contributed by atoms with van der Waals surface area (Å²) in [6, 6.07) is 6.65. The fourth-order valence-corrected chi connectivity index (χ4v) is 1.71. The summed E-state index contributed by atoms with van der Waals surface area (Å²) in [7, 11) is 1.70. The third-order valence-corrected chi connectivity index (χ3v) is 3.38. The van der Waals surface area contributed by atoms with Crippen LogP contribution in [0, 0.1) is 0 Å². The van der Waals surface area contributed by atoms with Crippen molar-refractivity contribution in [2.75, 3.05) is 13.6 Å².